The fraction of sp³-hybridized carbons (Fsp3) is 0.222. The summed E-state index contributed by atoms with van der Waals surface area (Å²) in [5.74, 6) is 0.0747. The highest BCUT2D eigenvalue weighted by molar-refractivity contribution is 6.28. The van der Waals surface area contributed by atoms with E-state index in [9.17, 15) is 10.1 Å². The molecule has 0 saturated heterocycles. The predicted octanol–water partition coefficient (Wildman–Crippen LogP) is 1.38. The molecule has 0 fully saturated rings. The van der Waals surface area contributed by atoms with Crippen LogP contribution in [0.4, 0.5) is 11.5 Å². The van der Waals surface area contributed by atoms with E-state index >= 15 is 0 Å². The quantitative estimate of drug-likeness (QED) is 0.511. The molecule has 2 aromatic rings. The molecular weight excluding hydrogens is 260 g/mol. The van der Waals surface area contributed by atoms with E-state index in [0.717, 1.165) is 11.9 Å². The van der Waals surface area contributed by atoms with Gasteiger partial charge in [0.1, 0.15) is 6.20 Å². The molecule has 94 valence electrons. The van der Waals surface area contributed by atoms with Gasteiger partial charge in [-0.3, -0.25) is 14.8 Å². The molecule has 1 N–H and O–H groups in total. The van der Waals surface area contributed by atoms with Crippen molar-refractivity contribution in [2.24, 2.45) is 7.05 Å². The van der Waals surface area contributed by atoms with E-state index in [4.69, 9.17) is 11.6 Å². The summed E-state index contributed by atoms with van der Waals surface area (Å²) in [7, 11) is 1.79. The fourth-order valence-electron chi connectivity index (χ4n) is 1.35. The van der Waals surface area contributed by atoms with Crippen LogP contribution in [0.25, 0.3) is 0 Å². The molecule has 0 aliphatic rings. The lowest BCUT2D eigenvalue weighted by Gasteiger charge is -2.04. The summed E-state index contributed by atoms with van der Waals surface area (Å²) in [5.41, 5.74) is 0.511. The van der Waals surface area contributed by atoms with Gasteiger partial charge < -0.3 is 5.32 Å². The van der Waals surface area contributed by atoms with E-state index in [-0.39, 0.29) is 16.8 Å². The Morgan fingerprint density at radius 2 is 2.39 bits per heavy atom. The van der Waals surface area contributed by atoms with Gasteiger partial charge >= 0.3 is 5.69 Å². The lowest BCUT2D eigenvalue weighted by molar-refractivity contribution is -0.384. The van der Waals surface area contributed by atoms with Crippen molar-refractivity contribution < 1.29 is 4.92 Å². The van der Waals surface area contributed by atoms with Crippen LogP contribution in [0.3, 0.4) is 0 Å². The van der Waals surface area contributed by atoms with Crippen LogP contribution in [0.15, 0.2) is 18.5 Å². The molecule has 0 atom stereocenters. The van der Waals surface area contributed by atoms with Crippen LogP contribution in [0.2, 0.25) is 5.28 Å². The summed E-state index contributed by atoms with van der Waals surface area (Å²) in [6.07, 6.45) is 2.84. The first-order valence-electron chi connectivity index (χ1n) is 4.95. The monoisotopic (exact) mass is 268 g/mol. The number of nitrogens with one attached hydrogen (secondary N) is 1. The minimum atomic E-state index is -0.572. The zero-order valence-electron chi connectivity index (χ0n) is 9.37. The molecule has 9 heteroatoms. The minimum Gasteiger partial charge on any atom is -0.358 e. The lowest BCUT2D eigenvalue weighted by Crippen LogP contribution is -2.06. The number of aromatic nitrogens is 4. The predicted molar refractivity (Wildman–Crippen MR) is 64.2 cm³/mol. The second kappa shape index (κ2) is 4.96. The molecule has 0 aliphatic heterocycles. The first-order chi connectivity index (χ1) is 8.56. The van der Waals surface area contributed by atoms with E-state index in [1.807, 2.05) is 0 Å². The van der Waals surface area contributed by atoms with Crippen molar-refractivity contribution in [2.45, 2.75) is 6.54 Å². The van der Waals surface area contributed by atoms with Crippen LogP contribution in [0.1, 0.15) is 5.69 Å². The lowest BCUT2D eigenvalue weighted by atomic mass is 10.4. The van der Waals surface area contributed by atoms with Gasteiger partial charge in [-0.2, -0.15) is 10.1 Å². The molecule has 0 spiro atoms. The standard InChI is InChI=1S/C9H9ClN6O2/c1-15-3-2-6(14-15)4-11-8-7(16(17)18)5-12-9(10)13-8/h2-3,5H,4H2,1H3,(H,11,12,13). The Bertz CT molecular complexity index is 584. The second-order valence-corrected chi connectivity index (χ2v) is 3.80. The molecule has 0 bridgehead atoms. The number of aryl methyl sites for hydroxylation is 1. The Morgan fingerprint density at radius 1 is 1.61 bits per heavy atom. The fourth-order valence-corrected chi connectivity index (χ4v) is 1.48. The van der Waals surface area contributed by atoms with Crippen molar-refractivity contribution >= 4 is 23.1 Å². The molecule has 0 aliphatic carbocycles. The summed E-state index contributed by atoms with van der Waals surface area (Å²) in [5, 5.41) is 17.7. The van der Waals surface area contributed by atoms with Crippen LogP contribution >= 0.6 is 11.6 Å². The molecule has 18 heavy (non-hydrogen) atoms. The number of nitrogens with zero attached hydrogens (tertiary/aromatic N) is 5. The SMILES string of the molecule is Cn1ccc(CNc2nc(Cl)ncc2[N+](=O)[O-])n1. The van der Waals surface area contributed by atoms with E-state index < -0.39 is 4.92 Å². The van der Waals surface area contributed by atoms with Crippen molar-refractivity contribution in [3.05, 3.63) is 39.6 Å². The average Bonchev–Trinajstić information content (AvgIpc) is 2.72. The number of halogens is 1. The third kappa shape index (κ3) is 2.72. The normalized spacial score (nSPS) is 10.3. The van der Waals surface area contributed by atoms with Crippen molar-refractivity contribution in [3.8, 4) is 0 Å². The van der Waals surface area contributed by atoms with E-state index in [1.165, 1.54) is 0 Å². The minimum absolute atomic E-state index is 0.0517. The summed E-state index contributed by atoms with van der Waals surface area (Å²) in [4.78, 5) is 17.6. The Labute approximate surface area is 107 Å². The highest BCUT2D eigenvalue weighted by Crippen LogP contribution is 2.22. The maximum atomic E-state index is 10.8. The van der Waals surface area contributed by atoms with Crippen LogP contribution in [0.5, 0.6) is 0 Å². The maximum absolute atomic E-state index is 10.8. The van der Waals surface area contributed by atoms with Crippen molar-refractivity contribution in [1.29, 1.82) is 0 Å². The summed E-state index contributed by atoms with van der Waals surface area (Å²) >= 11 is 5.60. The Kier molecular flexibility index (Phi) is 3.38. The zero-order chi connectivity index (χ0) is 13.1. The molecule has 8 nitrogen and oxygen atoms in total. The van der Waals surface area contributed by atoms with E-state index in [0.29, 0.717) is 6.54 Å². The molecule has 2 rings (SSSR count). The third-order valence-electron chi connectivity index (χ3n) is 2.14. The van der Waals surface area contributed by atoms with Crippen molar-refractivity contribution in [2.75, 3.05) is 5.32 Å². The number of rotatable bonds is 4. The molecule has 0 radical (unpaired) electrons. The van der Waals surface area contributed by atoms with Gasteiger partial charge in [-0.25, -0.2) is 4.98 Å². The highest BCUT2D eigenvalue weighted by atomic mass is 35.5. The first-order valence-corrected chi connectivity index (χ1v) is 5.33. The Hall–Kier alpha value is -2.22. The summed E-state index contributed by atoms with van der Waals surface area (Å²) in [6, 6.07) is 1.79. The molecular formula is C9H9ClN6O2. The number of hydrogen-bond donors (Lipinski definition) is 1. The highest BCUT2D eigenvalue weighted by Gasteiger charge is 2.16. The van der Waals surface area contributed by atoms with Gasteiger partial charge in [0.15, 0.2) is 0 Å². The topological polar surface area (TPSA) is 98.8 Å². The van der Waals surface area contributed by atoms with Gasteiger partial charge in [0.2, 0.25) is 11.1 Å². The van der Waals surface area contributed by atoms with Crippen LogP contribution in [-0.4, -0.2) is 24.7 Å². The molecule has 0 aromatic carbocycles. The van der Waals surface area contributed by atoms with Gasteiger partial charge in [0.05, 0.1) is 17.2 Å². The average molecular weight is 269 g/mol. The van der Waals surface area contributed by atoms with Crippen LogP contribution in [-0.2, 0) is 13.6 Å². The number of nitro groups is 1. The molecule has 0 amide bonds. The Morgan fingerprint density at radius 3 is 3.00 bits per heavy atom. The second-order valence-electron chi connectivity index (χ2n) is 3.46. The number of hydrogen-bond acceptors (Lipinski definition) is 6. The molecule has 2 aromatic heterocycles. The van der Waals surface area contributed by atoms with Gasteiger partial charge in [0.25, 0.3) is 0 Å². The van der Waals surface area contributed by atoms with E-state index in [2.05, 4.69) is 20.4 Å². The van der Waals surface area contributed by atoms with Gasteiger partial charge in [-0.15, -0.1) is 0 Å². The molecule has 0 saturated carbocycles. The van der Waals surface area contributed by atoms with Gasteiger partial charge in [-0.1, -0.05) is 0 Å². The summed E-state index contributed by atoms with van der Waals surface area (Å²) in [6.45, 7) is 0.315. The first kappa shape index (κ1) is 12.2. The van der Waals surface area contributed by atoms with Gasteiger partial charge in [-0.05, 0) is 17.7 Å². The zero-order valence-corrected chi connectivity index (χ0v) is 10.1. The number of anilines is 1. The molecule has 0 unspecified atom stereocenters. The summed E-state index contributed by atoms with van der Waals surface area (Å²) < 4.78 is 1.64. The largest absolute Gasteiger partial charge is 0.358 e. The smallest absolute Gasteiger partial charge is 0.329 e. The van der Waals surface area contributed by atoms with Crippen LogP contribution in [0, 0.1) is 10.1 Å². The van der Waals surface area contributed by atoms with Crippen molar-refractivity contribution in [3.63, 3.8) is 0 Å². The maximum Gasteiger partial charge on any atom is 0.329 e. The Balaban J connectivity index is 2.17. The van der Waals surface area contributed by atoms with Crippen molar-refractivity contribution in [1.82, 2.24) is 19.7 Å². The molecule has 2 heterocycles. The third-order valence-corrected chi connectivity index (χ3v) is 2.32. The van der Waals surface area contributed by atoms with Crippen LogP contribution < -0.4 is 5.32 Å². The van der Waals surface area contributed by atoms with Gasteiger partial charge in [0, 0.05) is 13.2 Å². The van der Waals surface area contributed by atoms with E-state index in [1.54, 1.807) is 24.0 Å².